The van der Waals surface area contributed by atoms with Crippen LogP contribution in [-0.4, -0.2) is 43.0 Å². The van der Waals surface area contributed by atoms with Gasteiger partial charge in [0.2, 0.25) is 5.91 Å². The number of esters is 1. The predicted octanol–water partition coefficient (Wildman–Crippen LogP) is 2.14. The quantitative estimate of drug-likeness (QED) is 0.418. The number of hydrogen-bond acceptors (Lipinski definition) is 7. The van der Waals surface area contributed by atoms with Crippen molar-refractivity contribution in [2.45, 2.75) is 6.42 Å². The number of anilines is 2. The van der Waals surface area contributed by atoms with Crippen molar-refractivity contribution in [1.29, 1.82) is 0 Å². The zero-order chi connectivity index (χ0) is 21.7. The van der Waals surface area contributed by atoms with E-state index < -0.39 is 29.3 Å². The van der Waals surface area contributed by atoms with E-state index in [1.54, 1.807) is 24.3 Å². The Hall–Kier alpha value is -3.95. The molecule has 0 saturated carbocycles. The molecule has 30 heavy (non-hydrogen) atoms. The zero-order valence-electron chi connectivity index (χ0n) is 16.1. The Labute approximate surface area is 171 Å². The Morgan fingerprint density at radius 3 is 2.63 bits per heavy atom. The Kier molecular flexibility index (Phi) is 6.26. The summed E-state index contributed by atoms with van der Waals surface area (Å²) in [6.45, 7) is -0.478. The first-order valence-electron chi connectivity index (χ1n) is 9.03. The summed E-state index contributed by atoms with van der Waals surface area (Å²) in [5, 5.41) is 13.5. The summed E-state index contributed by atoms with van der Waals surface area (Å²) < 4.78 is 10.0. The molecule has 2 aromatic rings. The molecule has 0 aromatic heterocycles. The zero-order valence-corrected chi connectivity index (χ0v) is 16.1. The number of nitrogens with one attached hydrogen (secondary N) is 1. The van der Waals surface area contributed by atoms with Crippen LogP contribution in [0.4, 0.5) is 17.1 Å². The summed E-state index contributed by atoms with van der Waals surface area (Å²) in [7, 11) is 1.39. The fourth-order valence-electron chi connectivity index (χ4n) is 3.07. The first-order chi connectivity index (χ1) is 14.4. The first-order valence-corrected chi connectivity index (χ1v) is 9.03. The number of amides is 2. The number of methoxy groups -OCH3 is 1. The van der Waals surface area contributed by atoms with Gasteiger partial charge in [-0.05, 0) is 18.2 Å². The number of carbonyl (C=O) groups excluding carboxylic acids is 3. The molecular weight excluding hydrogens is 394 g/mol. The second-order valence-electron chi connectivity index (χ2n) is 6.54. The minimum atomic E-state index is -0.746. The smallest absolute Gasteiger partial charge is 0.311 e. The highest BCUT2D eigenvalue weighted by Gasteiger charge is 2.36. The SMILES string of the molecule is COc1ccc([N+](=O)[O-])c(NC(=O)COC(=O)[C@@H]2CC(=O)N(c3ccccc3)C2)c1. The van der Waals surface area contributed by atoms with E-state index in [0.29, 0.717) is 11.4 Å². The number of ether oxygens (including phenoxy) is 2. The molecule has 1 N–H and O–H groups in total. The Morgan fingerprint density at radius 2 is 1.97 bits per heavy atom. The maximum atomic E-state index is 12.3. The van der Waals surface area contributed by atoms with Crippen LogP contribution in [0.3, 0.4) is 0 Å². The van der Waals surface area contributed by atoms with Gasteiger partial charge in [-0.15, -0.1) is 0 Å². The summed E-state index contributed by atoms with van der Waals surface area (Å²) in [5.41, 5.74) is 0.281. The molecule has 10 heteroatoms. The number of nitrogens with zero attached hydrogens (tertiary/aromatic N) is 2. The summed E-state index contributed by atoms with van der Waals surface area (Å²) in [6.07, 6.45) is -0.0172. The minimum absolute atomic E-state index is 0.0172. The van der Waals surface area contributed by atoms with Crippen molar-refractivity contribution >= 4 is 34.8 Å². The molecule has 156 valence electrons. The van der Waals surface area contributed by atoms with Gasteiger partial charge in [-0.25, -0.2) is 0 Å². The van der Waals surface area contributed by atoms with Gasteiger partial charge in [0.05, 0.1) is 18.0 Å². The maximum Gasteiger partial charge on any atom is 0.311 e. The standard InChI is InChI=1S/C20H19N3O7/c1-29-15-7-8-17(23(27)28)16(10-15)21-18(24)12-30-20(26)13-9-19(25)22(11-13)14-5-3-2-4-6-14/h2-8,10,13H,9,11-12H2,1H3,(H,21,24)/t13-/m1/s1. The van der Waals surface area contributed by atoms with E-state index in [9.17, 15) is 24.5 Å². The number of nitro groups is 1. The van der Waals surface area contributed by atoms with E-state index in [0.717, 1.165) is 0 Å². The van der Waals surface area contributed by atoms with Gasteiger partial charge in [-0.1, -0.05) is 18.2 Å². The lowest BCUT2D eigenvalue weighted by molar-refractivity contribution is -0.383. The molecule has 0 spiro atoms. The van der Waals surface area contributed by atoms with Gasteiger partial charge in [0.25, 0.3) is 11.6 Å². The van der Waals surface area contributed by atoms with E-state index in [-0.39, 0.29) is 30.2 Å². The second kappa shape index (κ2) is 9.03. The highest BCUT2D eigenvalue weighted by atomic mass is 16.6. The van der Waals surface area contributed by atoms with Crippen molar-refractivity contribution in [2.75, 3.05) is 30.5 Å². The predicted molar refractivity (Wildman–Crippen MR) is 106 cm³/mol. The minimum Gasteiger partial charge on any atom is -0.497 e. The molecule has 1 atom stereocenters. The van der Waals surface area contributed by atoms with E-state index in [2.05, 4.69) is 5.32 Å². The molecular formula is C20H19N3O7. The number of rotatable bonds is 7. The average Bonchev–Trinajstić information content (AvgIpc) is 3.14. The van der Waals surface area contributed by atoms with Crippen LogP contribution in [0.2, 0.25) is 0 Å². The normalized spacial score (nSPS) is 15.6. The van der Waals surface area contributed by atoms with E-state index in [1.165, 1.54) is 30.2 Å². The van der Waals surface area contributed by atoms with E-state index >= 15 is 0 Å². The Balaban J connectivity index is 1.57. The highest BCUT2D eigenvalue weighted by Crippen LogP contribution is 2.29. The fraction of sp³-hybridized carbons (Fsp3) is 0.250. The lowest BCUT2D eigenvalue weighted by Gasteiger charge is -2.16. The largest absolute Gasteiger partial charge is 0.497 e. The Morgan fingerprint density at radius 1 is 1.23 bits per heavy atom. The Bertz CT molecular complexity index is 978. The van der Waals surface area contributed by atoms with Crippen LogP contribution in [-0.2, 0) is 19.1 Å². The fourth-order valence-corrected chi connectivity index (χ4v) is 3.07. The van der Waals surface area contributed by atoms with Crippen LogP contribution in [0, 0.1) is 16.0 Å². The summed E-state index contributed by atoms with van der Waals surface area (Å²) in [4.78, 5) is 48.6. The third-order valence-corrected chi connectivity index (χ3v) is 4.55. The van der Waals surface area contributed by atoms with Gasteiger partial charge in [0.1, 0.15) is 11.4 Å². The molecule has 0 aliphatic carbocycles. The van der Waals surface area contributed by atoms with Crippen molar-refractivity contribution in [3.63, 3.8) is 0 Å². The summed E-state index contributed by atoms with van der Waals surface area (Å²) >= 11 is 0. The van der Waals surface area contributed by atoms with E-state index in [1.807, 2.05) is 6.07 Å². The second-order valence-corrected chi connectivity index (χ2v) is 6.54. The lowest BCUT2D eigenvalue weighted by Crippen LogP contribution is -2.28. The van der Waals surface area contributed by atoms with Crippen LogP contribution < -0.4 is 15.0 Å². The third-order valence-electron chi connectivity index (χ3n) is 4.55. The third kappa shape index (κ3) is 4.72. The monoisotopic (exact) mass is 413 g/mol. The van der Waals surface area contributed by atoms with Gasteiger partial charge in [-0.2, -0.15) is 0 Å². The molecule has 2 aromatic carbocycles. The van der Waals surface area contributed by atoms with Crippen molar-refractivity contribution in [3.8, 4) is 5.75 Å². The number of hydrogen-bond donors (Lipinski definition) is 1. The molecule has 1 heterocycles. The van der Waals surface area contributed by atoms with Crippen LogP contribution >= 0.6 is 0 Å². The van der Waals surface area contributed by atoms with Crippen LogP contribution in [0.1, 0.15) is 6.42 Å². The van der Waals surface area contributed by atoms with Crippen LogP contribution in [0.15, 0.2) is 48.5 Å². The number of carbonyl (C=O) groups is 3. The van der Waals surface area contributed by atoms with Crippen LogP contribution in [0.25, 0.3) is 0 Å². The number of benzene rings is 2. The molecule has 1 aliphatic heterocycles. The van der Waals surface area contributed by atoms with E-state index in [4.69, 9.17) is 9.47 Å². The molecule has 3 rings (SSSR count). The van der Waals surface area contributed by atoms with Gasteiger partial charge in [0, 0.05) is 30.8 Å². The van der Waals surface area contributed by atoms with Crippen LogP contribution in [0.5, 0.6) is 5.75 Å². The van der Waals surface area contributed by atoms with Gasteiger partial charge < -0.3 is 19.7 Å². The molecule has 1 saturated heterocycles. The molecule has 1 aliphatic rings. The highest BCUT2D eigenvalue weighted by molar-refractivity contribution is 6.00. The number of para-hydroxylation sites is 1. The molecule has 10 nitrogen and oxygen atoms in total. The maximum absolute atomic E-state index is 12.3. The van der Waals surface area contributed by atoms with Crippen molar-refractivity contribution in [2.24, 2.45) is 5.92 Å². The van der Waals surface area contributed by atoms with Gasteiger partial charge in [0.15, 0.2) is 6.61 Å². The van der Waals surface area contributed by atoms with Crippen molar-refractivity contribution in [1.82, 2.24) is 0 Å². The van der Waals surface area contributed by atoms with Gasteiger partial charge in [-0.3, -0.25) is 24.5 Å². The molecule has 2 amide bonds. The lowest BCUT2D eigenvalue weighted by atomic mass is 10.1. The van der Waals surface area contributed by atoms with Gasteiger partial charge >= 0.3 is 5.97 Å². The molecule has 0 bridgehead atoms. The first kappa shape index (κ1) is 20.8. The topological polar surface area (TPSA) is 128 Å². The van der Waals surface area contributed by atoms with Crippen molar-refractivity contribution < 1.29 is 28.8 Å². The molecule has 0 radical (unpaired) electrons. The average molecular weight is 413 g/mol. The van der Waals surface area contributed by atoms with Crippen molar-refractivity contribution in [3.05, 3.63) is 58.6 Å². The summed E-state index contributed by atoms with van der Waals surface area (Å²) in [5.74, 6) is -2.02. The molecule has 1 fully saturated rings. The number of nitro benzene ring substituents is 1. The molecule has 0 unspecified atom stereocenters. The summed E-state index contributed by atoms with van der Waals surface area (Å²) in [6, 6.07) is 12.8.